The summed E-state index contributed by atoms with van der Waals surface area (Å²) >= 11 is 3.21. The Morgan fingerprint density at radius 2 is 2.14 bits per heavy atom. The summed E-state index contributed by atoms with van der Waals surface area (Å²) in [6.45, 7) is 0.0198. The summed E-state index contributed by atoms with van der Waals surface area (Å²) in [5.41, 5.74) is 1.39. The van der Waals surface area contributed by atoms with Gasteiger partial charge in [-0.3, -0.25) is 4.79 Å². The fourth-order valence-electron chi connectivity index (χ4n) is 2.23. The lowest BCUT2D eigenvalue weighted by molar-refractivity contribution is -0.115. The number of carbonyl (C=O) groups is 2. The lowest BCUT2D eigenvalue weighted by Gasteiger charge is -2.30. The molecule has 0 saturated heterocycles. The van der Waals surface area contributed by atoms with Crippen LogP contribution in [0.15, 0.2) is 41.0 Å². The van der Waals surface area contributed by atoms with Crippen LogP contribution in [0.5, 0.6) is 0 Å². The molecule has 7 heteroatoms. The molecule has 2 heterocycles. The summed E-state index contributed by atoms with van der Waals surface area (Å²) in [7, 11) is 0. The molecule has 1 aromatic heterocycles. The van der Waals surface area contributed by atoms with Gasteiger partial charge in [0.25, 0.3) is 0 Å². The maximum atomic E-state index is 11.8. The molecule has 0 bridgehead atoms. The van der Waals surface area contributed by atoms with Crippen molar-refractivity contribution in [1.82, 2.24) is 4.98 Å². The largest absolute Gasteiger partial charge is 0.478 e. The van der Waals surface area contributed by atoms with Gasteiger partial charge >= 0.3 is 5.97 Å². The highest BCUT2D eigenvalue weighted by molar-refractivity contribution is 9.10. The minimum atomic E-state index is -1.10. The summed E-state index contributed by atoms with van der Waals surface area (Å²) in [4.78, 5) is 29.0. The van der Waals surface area contributed by atoms with Crippen LogP contribution in [0.3, 0.4) is 0 Å². The highest BCUT2D eigenvalue weighted by atomic mass is 79.9. The van der Waals surface area contributed by atoms with Crippen molar-refractivity contribution < 1.29 is 14.7 Å². The predicted molar refractivity (Wildman–Crippen MR) is 81.0 cm³/mol. The van der Waals surface area contributed by atoms with Gasteiger partial charge in [-0.1, -0.05) is 12.1 Å². The third kappa shape index (κ3) is 2.47. The van der Waals surface area contributed by atoms with E-state index in [1.54, 1.807) is 17.0 Å². The summed E-state index contributed by atoms with van der Waals surface area (Å²) in [6, 6.07) is 8.67. The van der Waals surface area contributed by atoms with Gasteiger partial charge in [-0.15, -0.1) is 0 Å². The number of hydrogen-bond acceptors (Lipinski definition) is 4. The minimum absolute atomic E-state index is 0.0198. The van der Waals surface area contributed by atoms with Crippen LogP contribution in [0.2, 0.25) is 0 Å². The number of anilines is 3. The number of nitrogens with zero attached hydrogens (tertiary/aromatic N) is 2. The molecule has 6 nitrogen and oxygen atoms in total. The number of aromatic nitrogens is 1. The molecule has 1 aliphatic rings. The normalized spacial score (nSPS) is 13.6. The number of hydrogen-bond donors (Lipinski definition) is 2. The van der Waals surface area contributed by atoms with Crippen LogP contribution < -0.4 is 10.2 Å². The van der Waals surface area contributed by atoms with E-state index >= 15 is 0 Å². The average molecular weight is 348 g/mol. The van der Waals surface area contributed by atoms with Gasteiger partial charge in [0.2, 0.25) is 5.91 Å². The minimum Gasteiger partial charge on any atom is -0.478 e. The summed E-state index contributed by atoms with van der Waals surface area (Å²) in [6.07, 6.45) is 1.51. The van der Waals surface area contributed by atoms with Crippen LogP contribution in [0.1, 0.15) is 10.4 Å². The number of aromatic carboxylic acids is 1. The van der Waals surface area contributed by atoms with E-state index < -0.39 is 5.97 Å². The monoisotopic (exact) mass is 347 g/mol. The van der Waals surface area contributed by atoms with Crippen molar-refractivity contribution in [3.63, 3.8) is 0 Å². The maximum absolute atomic E-state index is 11.8. The molecule has 2 N–H and O–H groups in total. The van der Waals surface area contributed by atoms with Gasteiger partial charge in [-0.25, -0.2) is 9.78 Å². The van der Waals surface area contributed by atoms with Gasteiger partial charge in [-0.2, -0.15) is 0 Å². The van der Waals surface area contributed by atoms with Crippen molar-refractivity contribution in [2.45, 2.75) is 0 Å². The third-order valence-corrected chi connectivity index (χ3v) is 3.52. The van der Waals surface area contributed by atoms with Crippen molar-refractivity contribution in [2.24, 2.45) is 0 Å². The molecule has 106 valence electrons. The molecule has 0 atom stereocenters. The van der Waals surface area contributed by atoms with Crippen LogP contribution >= 0.6 is 15.9 Å². The number of para-hydroxylation sites is 2. The Labute approximate surface area is 128 Å². The van der Waals surface area contributed by atoms with E-state index in [4.69, 9.17) is 0 Å². The standard InChI is InChI=1S/C14H10BrN3O3/c15-8-5-9(14(20)21)13(16-6-8)18-7-12(19)17-10-3-1-2-4-11(10)18/h1-6H,7H2,(H,17,19)(H,20,21). The second-order valence-corrected chi connectivity index (χ2v) is 5.40. The SMILES string of the molecule is O=C1CN(c2ncc(Br)cc2C(=O)O)c2ccccc2N1. The smallest absolute Gasteiger partial charge is 0.339 e. The molecule has 0 spiro atoms. The Morgan fingerprint density at radius 1 is 1.38 bits per heavy atom. The number of benzene rings is 1. The predicted octanol–water partition coefficient (Wildman–Crippen LogP) is 2.63. The zero-order valence-electron chi connectivity index (χ0n) is 10.7. The third-order valence-electron chi connectivity index (χ3n) is 3.09. The van der Waals surface area contributed by atoms with Crippen molar-refractivity contribution in [2.75, 3.05) is 16.8 Å². The van der Waals surface area contributed by atoms with E-state index in [1.807, 2.05) is 12.1 Å². The first-order valence-corrected chi connectivity index (χ1v) is 6.91. The number of fused-ring (bicyclic) bond motifs is 1. The second kappa shape index (κ2) is 5.17. The molecule has 0 fully saturated rings. The number of rotatable bonds is 2. The van der Waals surface area contributed by atoms with Crippen molar-refractivity contribution in [3.05, 3.63) is 46.6 Å². The number of carboxylic acid groups (broad SMARTS) is 1. The van der Waals surface area contributed by atoms with Gasteiger partial charge in [0.15, 0.2) is 0 Å². The Balaban J connectivity index is 2.17. The van der Waals surface area contributed by atoms with E-state index in [-0.39, 0.29) is 23.8 Å². The average Bonchev–Trinajstić information content (AvgIpc) is 2.46. The van der Waals surface area contributed by atoms with Crippen molar-refractivity contribution in [1.29, 1.82) is 0 Å². The van der Waals surface area contributed by atoms with Crippen LogP contribution in [0.25, 0.3) is 0 Å². The van der Waals surface area contributed by atoms with E-state index in [2.05, 4.69) is 26.2 Å². The number of amides is 1. The summed E-state index contributed by atoms with van der Waals surface area (Å²) < 4.78 is 0.568. The number of nitrogens with one attached hydrogen (secondary N) is 1. The zero-order valence-corrected chi connectivity index (χ0v) is 12.3. The molecular weight excluding hydrogens is 338 g/mol. The lowest BCUT2D eigenvalue weighted by atomic mass is 10.1. The first kappa shape index (κ1) is 13.6. The highest BCUT2D eigenvalue weighted by Gasteiger charge is 2.27. The molecule has 0 aliphatic carbocycles. The lowest BCUT2D eigenvalue weighted by Crippen LogP contribution is -2.36. The highest BCUT2D eigenvalue weighted by Crippen LogP contribution is 2.35. The number of halogens is 1. The fourth-order valence-corrected chi connectivity index (χ4v) is 2.56. The first-order chi connectivity index (χ1) is 10.1. The van der Waals surface area contributed by atoms with Gasteiger partial charge in [0, 0.05) is 10.7 Å². The quantitative estimate of drug-likeness (QED) is 0.872. The van der Waals surface area contributed by atoms with Gasteiger partial charge in [0.1, 0.15) is 17.9 Å². The molecular formula is C14H10BrN3O3. The molecule has 0 saturated carbocycles. The van der Waals surface area contributed by atoms with Crippen molar-refractivity contribution in [3.8, 4) is 0 Å². The van der Waals surface area contributed by atoms with Crippen LogP contribution in [0.4, 0.5) is 17.2 Å². The number of carboxylic acids is 1. The maximum Gasteiger partial charge on any atom is 0.339 e. The van der Waals surface area contributed by atoms with E-state index in [0.717, 1.165) is 5.69 Å². The summed E-state index contributed by atoms with van der Waals surface area (Å²) in [5.74, 6) is -1.06. The van der Waals surface area contributed by atoms with Crippen LogP contribution in [0, 0.1) is 0 Å². The Kier molecular flexibility index (Phi) is 3.34. The molecule has 1 amide bonds. The van der Waals surface area contributed by atoms with Gasteiger partial charge < -0.3 is 15.3 Å². The molecule has 2 aromatic rings. The Morgan fingerprint density at radius 3 is 2.90 bits per heavy atom. The van der Waals surface area contributed by atoms with E-state index in [1.165, 1.54) is 12.3 Å². The fraction of sp³-hybridized carbons (Fsp3) is 0.0714. The summed E-state index contributed by atoms with van der Waals surface area (Å²) in [5, 5.41) is 12.1. The Hall–Kier alpha value is -2.41. The number of carbonyl (C=O) groups excluding carboxylic acids is 1. The Bertz CT molecular complexity index is 748. The zero-order chi connectivity index (χ0) is 15.0. The molecule has 1 aliphatic heterocycles. The van der Waals surface area contributed by atoms with E-state index in [0.29, 0.717) is 10.2 Å². The van der Waals surface area contributed by atoms with E-state index in [9.17, 15) is 14.7 Å². The first-order valence-electron chi connectivity index (χ1n) is 6.11. The van der Waals surface area contributed by atoms with Gasteiger partial charge in [-0.05, 0) is 34.1 Å². The van der Waals surface area contributed by atoms with Crippen molar-refractivity contribution >= 4 is 45.0 Å². The van der Waals surface area contributed by atoms with Gasteiger partial charge in [0.05, 0.1) is 11.4 Å². The molecule has 1 aromatic carbocycles. The molecule has 3 rings (SSSR count). The van der Waals surface area contributed by atoms with Crippen LogP contribution in [-0.2, 0) is 4.79 Å². The second-order valence-electron chi connectivity index (χ2n) is 4.48. The van der Waals surface area contributed by atoms with Crippen LogP contribution in [-0.4, -0.2) is 28.5 Å². The molecule has 21 heavy (non-hydrogen) atoms. The number of pyridine rings is 1. The molecule has 0 radical (unpaired) electrons. The topological polar surface area (TPSA) is 82.5 Å². The molecule has 0 unspecified atom stereocenters.